The highest BCUT2D eigenvalue weighted by Gasteiger charge is 2.18. The highest BCUT2D eigenvalue weighted by atomic mass is 19.2. The number of hydrogen-bond acceptors (Lipinski definition) is 3. The fraction of sp³-hybridized carbons (Fsp3) is 0.222. The van der Waals surface area contributed by atoms with Gasteiger partial charge in [-0.3, -0.25) is 0 Å². The summed E-state index contributed by atoms with van der Waals surface area (Å²) in [6, 6.07) is 0.494. The quantitative estimate of drug-likeness (QED) is 0.464. The third-order valence-corrected chi connectivity index (χ3v) is 1.58. The lowest BCUT2D eigenvalue weighted by molar-refractivity contribution is -0.135. The van der Waals surface area contributed by atoms with Gasteiger partial charge in [0.25, 0.3) is 0 Å². The summed E-state index contributed by atoms with van der Waals surface area (Å²) in [5.74, 6) is -6.21. The minimum absolute atomic E-state index is 0.655. The maximum Gasteiger partial charge on any atom is 0.328 e. The molecular formula is C9H8F3NO2. The van der Waals surface area contributed by atoms with Crippen LogP contribution in [0.25, 0.3) is 0 Å². The molecule has 0 aliphatic carbocycles. The summed E-state index contributed by atoms with van der Waals surface area (Å²) in [6.45, 7) is 1.32. The van der Waals surface area contributed by atoms with Crippen LogP contribution in [-0.2, 0) is 4.79 Å². The van der Waals surface area contributed by atoms with Crippen LogP contribution >= 0.6 is 0 Å². The van der Waals surface area contributed by atoms with Crippen LogP contribution in [0.5, 0.6) is 5.75 Å². The van der Waals surface area contributed by atoms with Gasteiger partial charge in [-0.25, -0.2) is 13.6 Å². The van der Waals surface area contributed by atoms with Gasteiger partial charge >= 0.3 is 5.97 Å². The molecule has 1 rings (SSSR count). The predicted octanol–water partition coefficient (Wildman–Crippen LogP) is 1.36. The van der Waals surface area contributed by atoms with E-state index in [4.69, 9.17) is 5.73 Å². The highest BCUT2D eigenvalue weighted by molar-refractivity contribution is 5.77. The van der Waals surface area contributed by atoms with Crippen molar-refractivity contribution in [1.29, 1.82) is 0 Å². The van der Waals surface area contributed by atoms with Crippen LogP contribution in [0.15, 0.2) is 12.1 Å². The average molecular weight is 219 g/mol. The Balaban J connectivity index is 2.97. The van der Waals surface area contributed by atoms with Gasteiger partial charge in [0.1, 0.15) is 6.04 Å². The van der Waals surface area contributed by atoms with Gasteiger partial charge in [-0.05, 0) is 19.1 Å². The van der Waals surface area contributed by atoms with Gasteiger partial charge in [-0.1, -0.05) is 0 Å². The van der Waals surface area contributed by atoms with E-state index in [1.165, 1.54) is 6.92 Å². The van der Waals surface area contributed by atoms with E-state index in [0.717, 1.165) is 6.07 Å². The van der Waals surface area contributed by atoms with Crippen LogP contribution in [0.4, 0.5) is 13.2 Å². The first-order chi connectivity index (χ1) is 6.93. The van der Waals surface area contributed by atoms with Crippen LogP contribution in [0.3, 0.4) is 0 Å². The zero-order valence-corrected chi connectivity index (χ0v) is 7.76. The molecule has 0 saturated carbocycles. The molecule has 1 aromatic carbocycles. The number of halogens is 3. The maximum absolute atomic E-state index is 13.0. The summed E-state index contributed by atoms with van der Waals surface area (Å²) >= 11 is 0. The largest absolute Gasteiger partial charge is 0.422 e. The van der Waals surface area contributed by atoms with E-state index >= 15 is 0 Å². The van der Waals surface area contributed by atoms with E-state index in [9.17, 15) is 18.0 Å². The summed E-state index contributed by atoms with van der Waals surface area (Å²) < 4.78 is 42.5. The number of benzene rings is 1. The second-order valence-electron chi connectivity index (χ2n) is 2.88. The summed E-state index contributed by atoms with van der Waals surface area (Å²) in [5, 5.41) is 0. The minimum atomic E-state index is -1.69. The number of carbonyl (C=O) groups excluding carboxylic acids is 1. The molecule has 0 amide bonds. The van der Waals surface area contributed by atoms with E-state index in [1.807, 2.05) is 0 Å². The monoisotopic (exact) mass is 219 g/mol. The first kappa shape index (κ1) is 11.5. The molecule has 1 atom stereocenters. The standard InChI is InChI=1S/C9H8F3NO2/c1-4(13)9(14)15-6-3-2-5(10)7(11)8(6)12/h2-4H,13H2,1H3/t4-/m0/s1. The number of ether oxygens (including phenoxy) is 1. The second kappa shape index (κ2) is 4.31. The van der Waals surface area contributed by atoms with Crippen molar-refractivity contribution in [3.8, 4) is 5.75 Å². The molecule has 0 bridgehead atoms. The van der Waals surface area contributed by atoms with Crippen LogP contribution in [-0.4, -0.2) is 12.0 Å². The van der Waals surface area contributed by atoms with Crippen LogP contribution in [0.2, 0.25) is 0 Å². The predicted molar refractivity (Wildman–Crippen MR) is 45.6 cm³/mol. The van der Waals surface area contributed by atoms with Crippen molar-refractivity contribution in [2.24, 2.45) is 5.73 Å². The lowest BCUT2D eigenvalue weighted by Gasteiger charge is -2.07. The van der Waals surface area contributed by atoms with Gasteiger partial charge in [0, 0.05) is 0 Å². The summed E-state index contributed by atoms with van der Waals surface area (Å²) in [7, 11) is 0. The molecule has 1 aromatic rings. The molecule has 0 fully saturated rings. The van der Waals surface area contributed by atoms with Gasteiger partial charge in [-0.15, -0.1) is 0 Å². The Morgan fingerprint density at radius 3 is 2.47 bits per heavy atom. The molecule has 0 saturated heterocycles. The Hall–Kier alpha value is -1.56. The van der Waals surface area contributed by atoms with Crippen molar-refractivity contribution in [2.45, 2.75) is 13.0 Å². The summed E-state index contributed by atoms with van der Waals surface area (Å²) in [5.41, 5.74) is 5.14. The van der Waals surface area contributed by atoms with Crippen LogP contribution in [0.1, 0.15) is 6.92 Å². The smallest absolute Gasteiger partial charge is 0.328 e. The molecule has 6 heteroatoms. The van der Waals surface area contributed by atoms with Crippen molar-refractivity contribution in [3.05, 3.63) is 29.6 Å². The topological polar surface area (TPSA) is 52.3 Å². The molecule has 2 N–H and O–H groups in total. The molecular weight excluding hydrogens is 211 g/mol. The molecule has 0 unspecified atom stereocenters. The molecule has 82 valence electrons. The molecule has 0 aliphatic rings. The Morgan fingerprint density at radius 1 is 1.33 bits per heavy atom. The van der Waals surface area contributed by atoms with Crippen molar-refractivity contribution in [3.63, 3.8) is 0 Å². The molecule has 0 aliphatic heterocycles. The molecule has 0 spiro atoms. The van der Waals surface area contributed by atoms with Crippen molar-refractivity contribution >= 4 is 5.97 Å². The maximum atomic E-state index is 13.0. The molecule has 3 nitrogen and oxygen atoms in total. The van der Waals surface area contributed by atoms with Gasteiger partial charge in [0.2, 0.25) is 5.82 Å². The van der Waals surface area contributed by atoms with Gasteiger partial charge in [0.15, 0.2) is 17.4 Å². The summed E-state index contributed by atoms with van der Waals surface area (Å²) in [4.78, 5) is 10.9. The second-order valence-corrected chi connectivity index (χ2v) is 2.88. The normalized spacial score (nSPS) is 12.3. The SMILES string of the molecule is C[C@H](N)C(=O)Oc1ccc(F)c(F)c1F. The fourth-order valence-corrected chi connectivity index (χ4v) is 0.788. The van der Waals surface area contributed by atoms with Crippen LogP contribution in [0, 0.1) is 17.5 Å². The lowest BCUT2D eigenvalue weighted by Crippen LogP contribution is -2.31. The van der Waals surface area contributed by atoms with Crippen LogP contribution < -0.4 is 10.5 Å². The average Bonchev–Trinajstić information content (AvgIpc) is 2.18. The Labute approximate surface area is 83.6 Å². The van der Waals surface area contributed by atoms with Crippen molar-refractivity contribution in [2.75, 3.05) is 0 Å². The zero-order valence-electron chi connectivity index (χ0n) is 7.76. The molecule has 0 aromatic heterocycles. The van der Waals surface area contributed by atoms with E-state index in [-0.39, 0.29) is 0 Å². The minimum Gasteiger partial charge on any atom is -0.422 e. The molecule has 15 heavy (non-hydrogen) atoms. The van der Waals surface area contributed by atoms with Crippen molar-refractivity contribution < 1.29 is 22.7 Å². The van der Waals surface area contributed by atoms with E-state index in [1.54, 1.807) is 0 Å². The summed E-state index contributed by atoms with van der Waals surface area (Å²) in [6.07, 6.45) is 0. The number of rotatable bonds is 2. The molecule has 0 heterocycles. The third kappa shape index (κ3) is 2.47. The Kier molecular flexibility index (Phi) is 3.31. The zero-order chi connectivity index (χ0) is 11.6. The van der Waals surface area contributed by atoms with Gasteiger partial charge < -0.3 is 10.5 Å². The number of hydrogen-bond donors (Lipinski definition) is 1. The Bertz CT molecular complexity index is 393. The molecule has 0 radical (unpaired) electrons. The Morgan fingerprint density at radius 2 is 1.93 bits per heavy atom. The fourth-order valence-electron chi connectivity index (χ4n) is 0.788. The highest BCUT2D eigenvalue weighted by Crippen LogP contribution is 2.21. The van der Waals surface area contributed by atoms with Gasteiger partial charge in [0.05, 0.1) is 0 Å². The van der Waals surface area contributed by atoms with E-state index in [0.29, 0.717) is 6.07 Å². The number of nitrogens with two attached hydrogens (primary N) is 1. The first-order valence-corrected chi connectivity index (χ1v) is 4.04. The third-order valence-electron chi connectivity index (χ3n) is 1.58. The van der Waals surface area contributed by atoms with Crippen molar-refractivity contribution in [1.82, 2.24) is 0 Å². The lowest BCUT2D eigenvalue weighted by atomic mass is 10.3. The number of esters is 1. The first-order valence-electron chi connectivity index (χ1n) is 4.04. The number of carbonyl (C=O) groups is 1. The van der Waals surface area contributed by atoms with E-state index < -0.39 is 35.2 Å². The van der Waals surface area contributed by atoms with Gasteiger partial charge in [-0.2, -0.15) is 4.39 Å². The van der Waals surface area contributed by atoms with E-state index in [2.05, 4.69) is 4.74 Å².